The van der Waals surface area contributed by atoms with Crippen molar-refractivity contribution in [2.24, 2.45) is 0 Å². The van der Waals surface area contributed by atoms with E-state index in [2.05, 4.69) is 17.2 Å². The van der Waals surface area contributed by atoms with Crippen LogP contribution in [0.3, 0.4) is 0 Å². The maximum Gasteiger partial charge on any atom is 0.416 e. The number of nitrogens with zero attached hydrogens (tertiary/aromatic N) is 1. The summed E-state index contributed by atoms with van der Waals surface area (Å²) >= 11 is 1.35. The quantitative estimate of drug-likeness (QED) is 0.316. The van der Waals surface area contributed by atoms with E-state index in [1.54, 1.807) is 0 Å². The standard InChI is InChI=1S/C26H21F3N2OS/c1-2-7-22-23(19-14-12-18(13-15-19)17-8-4-3-5-9-17)30-25(33-22)31-24(32)20-10-6-11-21(16-20)26(27,28)29/h3-6,8-16H,2,7H2,1H3,(H,30,31,32). The third-order valence-electron chi connectivity index (χ3n) is 5.11. The van der Waals surface area contributed by atoms with Gasteiger partial charge in [-0.25, -0.2) is 4.98 Å². The van der Waals surface area contributed by atoms with Crippen molar-refractivity contribution in [3.05, 3.63) is 94.9 Å². The van der Waals surface area contributed by atoms with Crippen LogP contribution < -0.4 is 5.32 Å². The average Bonchev–Trinajstić information content (AvgIpc) is 3.21. The highest BCUT2D eigenvalue weighted by molar-refractivity contribution is 7.16. The Morgan fingerprint density at radius 1 is 0.909 bits per heavy atom. The second-order valence-electron chi connectivity index (χ2n) is 7.52. The van der Waals surface area contributed by atoms with Gasteiger partial charge in [0.05, 0.1) is 11.3 Å². The highest BCUT2D eigenvalue weighted by Crippen LogP contribution is 2.34. The summed E-state index contributed by atoms with van der Waals surface area (Å²) in [6, 6.07) is 22.4. The number of hydrogen-bond donors (Lipinski definition) is 1. The summed E-state index contributed by atoms with van der Waals surface area (Å²) in [5, 5.41) is 3.03. The fourth-order valence-corrected chi connectivity index (χ4v) is 4.56. The molecule has 0 atom stereocenters. The fourth-order valence-electron chi connectivity index (χ4n) is 3.48. The van der Waals surface area contributed by atoms with Crippen molar-refractivity contribution >= 4 is 22.4 Å². The van der Waals surface area contributed by atoms with Crippen LogP contribution in [-0.2, 0) is 12.6 Å². The van der Waals surface area contributed by atoms with Gasteiger partial charge in [-0.3, -0.25) is 10.1 Å². The van der Waals surface area contributed by atoms with Crippen LogP contribution in [0.1, 0.15) is 34.1 Å². The molecular weight excluding hydrogens is 445 g/mol. The lowest BCUT2D eigenvalue weighted by Crippen LogP contribution is -2.13. The molecule has 1 aromatic heterocycles. The molecule has 3 nitrogen and oxygen atoms in total. The number of aryl methyl sites for hydroxylation is 1. The number of rotatable bonds is 6. The monoisotopic (exact) mass is 466 g/mol. The van der Waals surface area contributed by atoms with Crippen molar-refractivity contribution in [2.75, 3.05) is 5.32 Å². The van der Waals surface area contributed by atoms with Crippen LogP contribution in [0.4, 0.5) is 18.3 Å². The number of nitrogens with one attached hydrogen (secondary N) is 1. The van der Waals surface area contributed by atoms with E-state index in [4.69, 9.17) is 0 Å². The van der Waals surface area contributed by atoms with Crippen LogP contribution >= 0.6 is 11.3 Å². The molecule has 0 saturated heterocycles. The van der Waals surface area contributed by atoms with Crippen molar-refractivity contribution < 1.29 is 18.0 Å². The van der Waals surface area contributed by atoms with Gasteiger partial charge in [0.25, 0.3) is 5.91 Å². The van der Waals surface area contributed by atoms with Crippen molar-refractivity contribution in [3.8, 4) is 22.4 Å². The number of benzene rings is 3. The second-order valence-corrected chi connectivity index (χ2v) is 8.60. The minimum atomic E-state index is -4.51. The molecule has 0 aliphatic heterocycles. The van der Waals surface area contributed by atoms with E-state index < -0.39 is 17.6 Å². The van der Waals surface area contributed by atoms with Crippen LogP contribution in [0.25, 0.3) is 22.4 Å². The maximum absolute atomic E-state index is 13.0. The lowest BCUT2D eigenvalue weighted by Gasteiger charge is -2.08. The van der Waals surface area contributed by atoms with Crippen molar-refractivity contribution in [1.82, 2.24) is 4.98 Å². The Labute approximate surface area is 193 Å². The largest absolute Gasteiger partial charge is 0.416 e. The van der Waals surface area contributed by atoms with Gasteiger partial charge < -0.3 is 0 Å². The Bertz CT molecular complexity index is 1250. The van der Waals surface area contributed by atoms with Crippen LogP contribution in [0, 0.1) is 0 Å². The van der Waals surface area contributed by atoms with E-state index in [9.17, 15) is 18.0 Å². The molecule has 33 heavy (non-hydrogen) atoms. The van der Waals surface area contributed by atoms with Gasteiger partial charge in [-0.1, -0.05) is 74.0 Å². The van der Waals surface area contributed by atoms with Gasteiger partial charge >= 0.3 is 6.18 Å². The number of aromatic nitrogens is 1. The summed E-state index contributed by atoms with van der Waals surface area (Å²) in [4.78, 5) is 18.2. The van der Waals surface area contributed by atoms with Crippen LogP contribution in [0.5, 0.6) is 0 Å². The summed E-state index contributed by atoms with van der Waals surface area (Å²) in [7, 11) is 0. The Balaban J connectivity index is 1.59. The zero-order chi connectivity index (χ0) is 23.4. The number of thiazole rings is 1. The van der Waals surface area contributed by atoms with Crippen molar-refractivity contribution in [1.29, 1.82) is 0 Å². The molecule has 0 fully saturated rings. The summed E-state index contributed by atoms with van der Waals surface area (Å²) in [5.41, 5.74) is 2.98. The van der Waals surface area contributed by atoms with Crippen molar-refractivity contribution in [3.63, 3.8) is 0 Å². The van der Waals surface area contributed by atoms with Gasteiger partial charge in [0.15, 0.2) is 5.13 Å². The SMILES string of the molecule is CCCc1sc(NC(=O)c2cccc(C(F)(F)F)c2)nc1-c1ccc(-c2ccccc2)cc1. The van der Waals surface area contributed by atoms with Crippen LogP contribution in [0.15, 0.2) is 78.9 Å². The Kier molecular flexibility index (Phi) is 6.60. The van der Waals surface area contributed by atoms with E-state index in [0.29, 0.717) is 5.13 Å². The lowest BCUT2D eigenvalue weighted by atomic mass is 10.0. The predicted molar refractivity (Wildman–Crippen MR) is 126 cm³/mol. The van der Waals surface area contributed by atoms with E-state index in [-0.39, 0.29) is 5.56 Å². The van der Waals surface area contributed by atoms with E-state index in [1.165, 1.54) is 23.5 Å². The van der Waals surface area contributed by atoms with E-state index in [1.807, 2.05) is 54.6 Å². The Morgan fingerprint density at radius 3 is 2.24 bits per heavy atom. The molecule has 0 saturated carbocycles. The molecule has 0 aliphatic rings. The van der Waals surface area contributed by atoms with Gasteiger partial charge in [0, 0.05) is 16.0 Å². The zero-order valence-corrected chi connectivity index (χ0v) is 18.6. The molecule has 0 unspecified atom stereocenters. The topological polar surface area (TPSA) is 42.0 Å². The Morgan fingerprint density at radius 2 is 1.58 bits per heavy atom. The number of carbonyl (C=O) groups excluding carboxylic acids is 1. The molecule has 4 rings (SSSR count). The molecule has 4 aromatic rings. The summed E-state index contributed by atoms with van der Waals surface area (Å²) < 4.78 is 38.9. The number of carbonyl (C=O) groups is 1. The first-order valence-corrected chi connectivity index (χ1v) is 11.3. The maximum atomic E-state index is 13.0. The molecular formula is C26H21F3N2OS. The second kappa shape index (κ2) is 9.58. The lowest BCUT2D eigenvalue weighted by molar-refractivity contribution is -0.137. The number of amides is 1. The average molecular weight is 467 g/mol. The van der Waals surface area contributed by atoms with Crippen molar-refractivity contribution in [2.45, 2.75) is 25.9 Å². The van der Waals surface area contributed by atoms with Gasteiger partial charge in [-0.15, -0.1) is 11.3 Å². The molecule has 7 heteroatoms. The van der Waals surface area contributed by atoms with Gasteiger partial charge in [0.2, 0.25) is 0 Å². The number of halogens is 3. The summed E-state index contributed by atoms with van der Waals surface area (Å²) in [6.07, 6.45) is -2.82. The molecule has 1 N–H and O–H groups in total. The highest BCUT2D eigenvalue weighted by Gasteiger charge is 2.31. The zero-order valence-electron chi connectivity index (χ0n) is 17.8. The first-order valence-electron chi connectivity index (χ1n) is 10.5. The molecule has 3 aromatic carbocycles. The normalized spacial score (nSPS) is 11.4. The summed E-state index contributed by atoms with van der Waals surface area (Å²) in [6.45, 7) is 2.06. The number of hydrogen-bond acceptors (Lipinski definition) is 3. The first kappa shape index (κ1) is 22.7. The van der Waals surface area contributed by atoms with E-state index in [0.717, 1.165) is 52.2 Å². The molecule has 168 valence electrons. The predicted octanol–water partition coefficient (Wildman–Crippen LogP) is 7.70. The molecule has 1 amide bonds. The van der Waals surface area contributed by atoms with E-state index >= 15 is 0 Å². The first-order chi connectivity index (χ1) is 15.8. The van der Waals surface area contributed by atoms with Crippen LogP contribution in [-0.4, -0.2) is 10.9 Å². The third-order valence-corrected chi connectivity index (χ3v) is 6.14. The number of anilines is 1. The minimum absolute atomic E-state index is 0.0640. The Hall–Kier alpha value is -3.45. The number of alkyl halides is 3. The molecule has 0 aliphatic carbocycles. The summed E-state index contributed by atoms with van der Waals surface area (Å²) in [5.74, 6) is -0.621. The van der Waals surface area contributed by atoms with Gasteiger partial charge in [-0.2, -0.15) is 13.2 Å². The fraction of sp³-hybridized carbons (Fsp3) is 0.154. The van der Waals surface area contributed by atoms with Crippen LogP contribution in [0.2, 0.25) is 0 Å². The molecule has 0 spiro atoms. The third kappa shape index (κ3) is 5.31. The minimum Gasteiger partial charge on any atom is -0.298 e. The molecule has 0 radical (unpaired) electrons. The molecule has 1 heterocycles. The highest BCUT2D eigenvalue weighted by atomic mass is 32.1. The van der Waals surface area contributed by atoms with Gasteiger partial charge in [0.1, 0.15) is 0 Å². The molecule has 0 bridgehead atoms. The van der Waals surface area contributed by atoms with Gasteiger partial charge in [-0.05, 0) is 35.7 Å². The smallest absolute Gasteiger partial charge is 0.298 e.